The smallest absolute Gasteiger partial charge is 0.237 e. The van der Waals surface area contributed by atoms with Crippen molar-refractivity contribution >= 4 is 5.91 Å². The van der Waals surface area contributed by atoms with Gasteiger partial charge in [0.2, 0.25) is 5.91 Å². The van der Waals surface area contributed by atoms with Crippen LogP contribution in [-0.2, 0) is 4.79 Å². The second-order valence-corrected chi connectivity index (χ2v) is 6.82. The van der Waals surface area contributed by atoms with Gasteiger partial charge >= 0.3 is 0 Å². The first kappa shape index (κ1) is 16.3. The van der Waals surface area contributed by atoms with Crippen molar-refractivity contribution in [3.8, 4) is 6.07 Å². The molecule has 1 N–H and O–H groups in total. The van der Waals surface area contributed by atoms with E-state index in [1.807, 2.05) is 7.05 Å². The Bertz CT molecular complexity index is 401. The Balaban J connectivity index is 1.97. The van der Waals surface area contributed by atoms with Gasteiger partial charge in [-0.1, -0.05) is 19.3 Å². The molecule has 1 amide bonds. The summed E-state index contributed by atoms with van der Waals surface area (Å²) in [4.78, 5) is 16.5. The molecule has 2 aliphatic rings. The molecule has 21 heavy (non-hydrogen) atoms. The minimum atomic E-state index is -0.569. The number of carbonyl (C=O) groups excluding carboxylic acids is 1. The lowest BCUT2D eigenvalue weighted by Gasteiger charge is -2.41. The third-order valence-electron chi connectivity index (χ3n) is 4.90. The predicted molar refractivity (Wildman–Crippen MR) is 82.7 cm³/mol. The van der Waals surface area contributed by atoms with Gasteiger partial charge in [0.05, 0.1) is 12.6 Å². The normalized spacial score (nSPS) is 29.6. The molecular weight excluding hydrogens is 264 g/mol. The van der Waals surface area contributed by atoms with Crippen molar-refractivity contribution in [3.05, 3.63) is 0 Å². The van der Waals surface area contributed by atoms with Crippen LogP contribution in [0.25, 0.3) is 0 Å². The van der Waals surface area contributed by atoms with E-state index in [9.17, 15) is 10.1 Å². The van der Waals surface area contributed by atoms with E-state index in [-0.39, 0.29) is 5.91 Å². The Kier molecular flexibility index (Phi) is 5.23. The summed E-state index contributed by atoms with van der Waals surface area (Å²) in [6.07, 6.45) is 4.91. The fraction of sp³-hybridized carbons (Fsp3) is 0.875. The standard InChI is InChI=1S/C16H28N4O/c1-13-9-20(10-14(2)18-13)11-15(21)19(3)16(12-17)7-5-4-6-8-16/h13-14,18H,4-11H2,1-3H3. The van der Waals surface area contributed by atoms with Gasteiger partial charge < -0.3 is 10.2 Å². The number of hydrogen-bond donors (Lipinski definition) is 1. The van der Waals surface area contributed by atoms with Gasteiger partial charge in [-0.05, 0) is 26.7 Å². The zero-order chi connectivity index (χ0) is 15.5. The molecule has 2 rings (SSSR count). The SMILES string of the molecule is CC1CN(CC(=O)N(C)C2(C#N)CCCCC2)CC(C)N1. The second-order valence-electron chi connectivity index (χ2n) is 6.82. The molecule has 1 aliphatic carbocycles. The molecule has 1 heterocycles. The Morgan fingerprint density at radius 3 is 2.38 bits per heavy atom. The minimum absolute atomic E-state index is 0.0831. The molecule has 118 valence electrons. The minimum Gasteiger partial charge on any atom is -0.326 e. The number of carbonyl (C=O) groups is 1. The molecule has 1 saturated heterocycles. The summed E-state index contributed by atoms with van der Waals surface area (Å²) in [6, 6.07) is 3.24. The van der Waals surface area contributed by atoms with Crippen molar-refractivity contribution in [2.45, 2.75) is 63.6 Å². The predicted octanol–water partition coefficient (Wildman–Crippen LogP) is 1.35. The van der Waals surface area contributed by atoms with Crippen LogP contribution in [0.2, 0.25) is 0 Å². The monoisotopic (exact) mass is 292 g/mol. The van der Waals surface area contributed by atoms with Gasteiger partial charge in [-0.3, -0.25) is 9.69 Å². The molecule has 0 aromatic carbocycles. The summed E-state index contributed by atoms with van der Waals surface area (Å²) in [5.41, 5.74) is -0.569. The molecule has 5 heteroatoms. The molecule has 5 nitrogen and oxygen atoms in total. The van der Waals surface area contributed by atoms with Crippen molar-refractivity contribution in [3.63, 3.8) is 0 Å². The van der Waals surface area contributed by atoms with Crippen LogP contribution in [0.3, 0.4) is 0 Å². The lowest BCUT2D eigenvalue weighted by molar-refractivity contribution is -0.136. The summed E-state index contributed by atoms with van der Waals surface area (Å²) >= 11 is 0. The third kappa shape index (κ3) is 3.75. The van der Waals surface area contributed by atoms with E-state index in [1.165, 1.54) is 6.42 Å². The third-order valence-corrected chi connectivity index (χ3v) is 4.90. The first-order valence-electron chi connectivity index (χ1n) is 8.13. The van der Waals surface area contributed by atoms with Crippen LogP contribution in [0, 0.1) is 11.3 Å². The fourth-order valence-electron chi connectivity index (χ4n) is 3.76. The van der Waals surface area contributed by atoms with Crippen LogP contribution in [0.1, 0.15) is 46.0 Å². The zero-order valence-electron chi connectivity index (χ0n) is 13.6. The van der Waals surface area contributed by atoms with Crippen molar-refractivity contribution in [1.29, 1.82) is 5.26 Å². The number of rotatable bonds is 3. The number of piperazine rings is 1. The largest absolute Gasteiger partial charge is 0.326 e. The van der Waals surface area contributed by atoms with Crippen molar-refractivity contribution in [2.75, 3.05) is 26.7 Å². The van der Waals surface area contributed by atoms with E-state index in [0.29, 0.717) is 18.6 Å². The van der Waals surface area contributed by atoms with Gasteiger partial charge in [0.25, 0.3) is 0 Å². The van der Waals surface area contributed by atoms with Crippen LogP contribution in [0.15, 0.2) is 0 Å². The van der Waals surface area contributed by atoms with Gasteiger partial charge in [0.1, 0.15) is 5.54 Å². The van der Waals surface area contributed by atoms with Gasteiger partial charge in [0.15, 0.2) is 0 Å². The average molecular weight is 292 g/mol. The van der Waals surface area contributed by atoms with E-state index < -0.39 is 5.54 Å². The highest BCUT2D eigenvalue weighted by molar-refractivity contribution is 5.79. The van der Waals surface area contributed by atoms with Gasteiger partial charge in [-0.15, -0.1) is 0 Å². The van der Waals surface area contributed by atoms with Gasteiger partial charge in [-0.25, -0.2) is 0 Å². The van der Waals surface area contributed by atoms with Gasteiger partial charge in [0, 0.05) is 32.2 Å². The number of nitrogens with zero attached hydrogens (tertiary/aromatic N) is 3. The highest BCUT2D eigenvalue weighted by atomic mass is 16.2. The molecule has 0 radical (unpaired) electrons. The molecule has 1 aliphatic heterocycles. The fourth-order valence-corrected chi connectivity index (χ4v) is 3.76. The molecule has 0 spiro atoms. The Hall–Kier alpha value is -1.12. The quantitative estimate of drug-likeness (QED) is 0.853. The maximum atomic E-state index is 12.6. The molecule has 0 aromatic heterocycles. The topological polar surface area (TPSA) is 59.4 Å². The first-order valence-corrected chi connectivity index (χ1v) is 8.13. The van der Waals surface area contributed by atoms with Crippen LogP contribution >= 0.6 is 0 Å². The maximum absolute atomic E-state index is 12.6. The van der Waals surface area contributed by atoms with Crippen molar-refractivity contribution < 1.29 is 4.79 Å². The molecule has 2 unspecified atom stereocenters. The summed E-state index contributed by atoms with van der Waals surface area (Å²) in [6.45, 7) is 6.51. The molecule has 2 atom stereocenters. The van der Waals surface area contributed by atoms with E-state index in [2.05, 4.69) is 30.1 Å². The van der Waals surface area contributed by atoms with E-state index in [1.54, 1.807) is 4.90 Å². The van der Waals surface area contributed by atoms with Crippen molar-refractivity contribution in [2.24, 2.45) is 0 Å². The number of likely N-dealkylation sites (N-methyl/N-ethyl adjacent to an activating group) is 1. The first-order chi connectivity index (χ1) is 9.97. The Morgan fingerprint density at radius 1 is 1.29 bits per heavy atom. The van der Waals surface area contributed by atoms with Crippen LogP contribution < -0.4 is 5.32 Å². The maximum Gasteiger partial charge on any atom is 0.237 e. The lowest BCUT2D eigenvalue weighted by atomic mass is 9.81. The summed E-state index contributed by atoms with van der Waals surface area (Å²) in [5.74, 6) is 0.0831. The Morgan fingerprint density at radius 2 is 1.86 bits per heavy atom. The van der Waals surface area contributed by atoms with Crippen molar-refractivity contribution in [1.82, 2.24) is 15.1 Å². The summed E-state index contributed by atoms with van der Waals surface area (Å²) < 4.78 is 0. The number of nitrogens with one attached hydrogen (secondary N) is 1. The molecule has 0 bridgehead atoms. The van der Waals surface area contributed by atoms with Crippen LogP contribution in [-0.4, -0.2) is 60.0 Å². The van der Waals surface area contributed by atoms with Crippen LogP contribution in [0.4, 0.5) is 0 Å². The highest BCUT2D eigenvalue weighted by Gasteiger charge is 2.39. The molecule has 2 fully saturated rings. The van der Waals surface area contributed by atoms with E-state index >= 15 is 0 Å². The Labute approximate surface area is 128 Å². The molecule has 1 saturated carbocycles. The number of nitriles is 1. The zero-order valence-corrected chi connectivity index (χ0v) is 13.6. The van der Waals surface area contributed by atoms with Gasteiger partial charge in [-0.2, -0.15) is 5.26 Å². The lowest BCUT2D eigenvalue weighted by Crippen LogP contribution is -2.58. The summed E-state index contributed by atoms with van der Waals surface area (Å²) in [5, 5.41) is 13.1. The number of amides is 1. The molecule has 0 aromatic rings. The highest BCUT2D eigenvalue weighted by Crippen LogP contribution is 2.32. The van der Waals surface area contributed by atoms with E-state index in [4.69, 9.17) is 0 Å². The number of hydrogen-bond acceptors (Lipinski definition) is 4. The second kappa shape index (κ2) is 6.76. The summed E-state index contributed by atoms with van der Waals surface area (Å²) in [7, 11) is 1.81. The van der Waals surface area contributed by atoms with E-state index in [0.717, 1.165) is 38.8 Å². The molecular formula is C16H28N4O. The average Bonchev–Trinajstić information content (AvgIpc) is 2.46. The van der Waals surface area contributed by atoms with Crippen LogP contribution in [0.5, 0.6) is 0 Å².